The Morgan fingerprint density at radius 1 is 1.58 bits per heavy atom. The molecule has 0 amide bonds. The number of hydrogen-bond donors (Lipinski definition) is 1. The van der Waals surface area contributed by atoms with E-state index >= 15 is 0 Å². The Hall–Kier alpha value is 0.430. The minimum atomic E-state index is -0.942. The van der Waals surface area contributed by atoms with Gasteiger partial charge < -0.3 is 15.2 Å². The molecule has 2 fully saturated rings. The first-order valence-corrected chi connectivity index (χ1v) is 3.99. The Labute approximate surface area is 94.2 Å². The normalized spacial score (nSPS) is 41.3. The van der Waals surface area contributed by atoms with E-state index in [0.29, 0.717) is 11.8 Å². The summed E-state index contributed by atoms with van der Waals surface area (Å²) >= 11 is 0. The van der Waals surface area contributed by atoms with Gasteiger partial charge in [0, 0.05) is 0 Å². The van der Waals surface area contributed by atoms with E-state index in [4.69, 9.17) is 0 Å². The van der Waals surface area contributed by atoms with Crippen molar-refractivity contribution in [1.29, 1.82) is 0 Å². The van der Waals surface area contributed by atoms with Crippen molar-refractivity contribution in [3.8, 4) is 0 Å². The van der Waals surface area contributed by atoms with Crippen molar-refractivity contribution in [2.45, 2.75) is 19.9 Å². The third-order valence-corrected chi connectivity index (χ3v) is 3.31. The Bertz CT molecular complexity index is 217. The quantitative estimate of drug-likeness (QED) is 0.415. The van der Waals surface area contributed by atoms with Crippen LogP contribution in [0.4, 0.5) is 0 Å². The Morgan fingerprint density at radius 3 is 2.42 bits per heavy atom. The van der Waals surface area contributed by atoms with Gasteiger partial charge in [0.25, 0.3) is 0 Å². The number of rotatable bonds is 1. The van der Waals surface area contributed by atoms with E-state index in [9.17, 15) is 9.90 Å². The summed E-state index contributed by atoms with van der Waals surface area (Å²) in [5.74, 6) is -0.0685. The van der Waals surface area contributed by atoms with Crippen LogP contribution in [-0.2, 0) is 4.79 Å². The van der Waals surface area contributed by atoms with E-state index < -0.39 is 12.0 Å². The van der Waals surface area contributed by atoms with Gasteiger partial charge in [-0.3, -0.25) is 0 Å². The molecule has 0 aromatic rings. The van der Waals surface area contributed by atoms with Crippen LogP contribution in [0, 0.1) is 17.3 Å². The van der Waals surface area contributed by atoms with Crippen LogP contribution in [0.1, 0.15) is 13.8 Å². The van der Waals surface area contributed by atoms with E-state index in [1.54, 1.807) is 0 Å². The summed E-state index contributed by atoms with van der Waals surface area (Å²) in [6, 6.07) is -0.394. The number of fused-ring (bicyclic) bond motifs is 1. The zero-order valence-corrected chi connectivity index (χ0v) is 9.76. The molecule has 1 saturated carbocycles. The number of carbonyl (C=O) groups excluding carboxylic acids is 1. The average Bonchev–Trinajstić information content (AvgIpc) is 2.34. The fourth-order valence-corrected chi connectivity index (χ4v) is 2.45. The predicted molar refractivity (Wildman–Crippen MR) is 37.6 cm³/mol. The second-order valence-corrected chi connectivity index (χ2v) is 4.16. The molecule has 0 unspecified atom stereocenters. The number of carboxylic acids is 1. The summed E-state index contributed by atoms with van der Waals surface area (Å²) in [6.07, 6.45) is 0. The molecule has 12 heavy (non-hydrogen) atoms. The van der Waals surface area contributed by atoms with Gasteiger partial charge in [-0.25, -0.2) is 0 Å². The maximum Gasteiger partial charge on any atom is 1.00 e. The number of piperidine rings is 1. The zero-order chi connectivity index (χ0) is 8.22. The van der Waals surface area contributed by atoms with Crippen LogP contribution in [0.3, 0.4) is 0 Å². The van der Waals surface area contributed by atoms with Crippen LogP contribution in [-0.4, -0.2) is 18.6 Å². The number of carboxylic acid groups (broad SMARTS) is 1. The van der Waals surface area contributed by atoms with Crippen LogP contribution >= 0.6 is 0 Å². The van der Waals surface area contributed by atoms with E-state index in [1.165, 1.54) is 0 Å². The molecule has 0 bridgehead atoms. The first kappa shape index (κ1) is 10.5. The van der Waals surface area contributed by atoms with Gasteiger partial charge in [-0.15, -0.1) is 0 Å². The second-order valence-electron chi connectivity index (χ2n) is 4.16. The van der Waals surface area contributed by atoms with Gasteiger partial charge in [-0.05, 0) is 23.8 Å². The molecule has 0 aromatic heterocycles. The Morgan fingerprint density at radius 2 is 2.17 bits per heavy atom. The van der Waals surface area contributed by atoms with Gasteiger partial charge >= 0.3 is 29.6 Å². The fourth-order valence-electron chi connectivity index (χ4n) is 2.45. The Kier molecular flexibility index (Phi) is 2.61. The topological polar surface area (TPSA) is 52.2 Å². The molecule has 2 rings (SSSR count). The molecule has 4 heteroatoms. The first-order chi connectivity index (χ1) is 5.05. The smallest absolute Gasteiger partial charge is 0.548 e. The molecule has 3 atom stereocenters. The van der Waals surface area contributed by atoms with E-state index in [-0.39, 0.29) is 35.0 Å². The summed E-state index contributed by atoms with van der Waals surface area (Å²) in [6.45, 7) is 5.09. The third-order valence-electron chi connectivity index (χ3n) is 3.31. The molecule has 62 valence electrons. The summed E-state index contributed by atoms with van der Waals surface area (Å²) in [5.41, 5.74) is 0.232. The van der Waals surface area contributed by atoms with Crippen molar-refractivity contribution < 1.29 is 39.5 Å². The average molecular weight is 177 g/mol. The molecule has 0 aromatic carbocycles. The van der Waals surface area contributed by atoms with Gasteiger partial charge in [0.1, 0.15) is 0 Å². The number of carbonyl (C=O) groups is 1. The largest absolute Gasteiger partial charge is 1.00 e. The van der Waals surface area contributed by atoms with Crippen molar-refractivity contribution >= 4 is 5.97 Å². The molecule has 1 saturated heterocycles. The zero-order valence-electron chi connectivity index (χ0n) is 7.76. The Balaban J connectivity index is 0.000000720. The van der Waals surface area contributed by atoms with Crippen molar-refractivity contribution in [1.82, 2.24) is 5.32 Å². The molecule has 3 nitrogen and oxygen atoms in total. The molecule has 1 heterocycles. The van der Waals surface area contributed by atoms with Crippen molar-refractivity contribution in [3.05, 3.63) is 0 Å². The summed E-state index contributed by atoms with van der Waals surface area (Å²) in [7, 11) is 0. The van der Waals surface area contributed by atoms with Crippen molar-refractivity contribution in [3.63, 3.8) is 0 Å². The number of nitrogens with one attached hydrogen (secondary N) is 1. The van der Waals surface area contributed by atoms with Crippen LogP contribution < -0.4 is 40.0 Å². The summed E-state index contributed by atoms with van der Waals surface area (Å²) in [4.78, 5) is 10.6. The van der Waals surface area contributed by atoms with E-state index in [2.05, 4.69) is 19.2 Å². The van der Waals surface area contributed by atoms with Crippen LogP contribution in [0.5, 0.6) is 0 Å². The van der Waals surface area contributed by atoms with Gasteiger partial charge in [0.05, 0.1) is 12.0 Å². The molecule has 1 aliphatic carbocycles. The number of hydrogen-bond acceptors (Lipinski definition) is 3. The fraction of sp³-hybridized carbons (Fsp3) is 0.875. The van der Waals surface area contributed by atoms with E-state index in [1.807, 2.05) is 0 Å². The maximum atomic E-state index is 10.6. The molecule has 1 aliphatic heterocycles. The molecular formula is C8H12NNaO2. The standard InChI is InChI=1S/C8H13NO2.Na/c1-8(2)4-3-9-6(5(4)8)7(10)11;/h4-6,9H,3H2,1-2H3,(H,10,11);/q;+1/p-1/t4-,5-,6-;/m0./s1. The van der Waals surface area contributed by atoms with Gasteiger partial charge in [-0.2, -0.15) is 0 Å². The molecule has 2 aliphatic rings. The minimum Gasteiger partial charge on any atom is -0.548 e. The molecule has 1 N–H and O–H groups in total. The van der Waals surface area contributed by atoms with Crippen LogP contribution in [0.15, 0.2) is 0 Å². The van der Waals surface area contributed by atoms with Crippen LogP contribution in [0.2, 0.25) is 0 Å². The minimum absolute atomic E-state index is 0. The third kappa shape index (κ3) is 1.23. The van der Waals surface area contributed by atoms with Gasteiger partial charge in [-0.1, -0.05) is 13.8 Å². The molecule has 0 spiro atoms. The SMILES string of the molecule is CC1(C)[C@@H]2[C@@H](C(=O)[O-])NC[C@@H]21.[Na+]. The van der Waals surface area contributed by atoms with Crippen molar-refractivity contribution in [2.24, 2.45) is 17.3 Å². The van der Waals surface area contributed by atoms with Gasteiger partial charge in [0.15, 0.2) is 0 Å². The van der Waals surface area contributed by atoms with E-state index in [0.717, 1.165) is 6.54 Å². The van der Waals surface area contributed by atoms with Gasteiger partial charge in [0.2, 0.25) is 0 Å². The maximum absolute atomic E-state index is 10.6. The second kappa shape index (κ2) is 2.98. The van der Waals surface area contributed by atoms with Crippen molar-refractivity contribution in [2.75, 3.05) is 6.54 Å². The monoisotopic (exact) mass is 177 g/mol. The first-order valence-electron chi connectivity index (χ1n) is 3.99. The summed E-state index contributed by atoms with van der Waals surface area (Å²) < 4.78 is 0. The van der Waals surface area contributed by atoms with Crippen LogP contribution in [0.25, 0.3) is 0 Å². The molecule has 0 radical (unpaired) electrons. The predicted octanol–water partition coefficient (Wildman–Crippen LogP) is -4.02. The molecular weight excluding hydrogens is 165 g/mol. The number of aliphatic carboxylic acids is 1. The summed E-state index contributed by atoms with van der Waals surface area (Å²) in [5, 5.41) is 13.5.